The molecule has 0 aromatic carbocycles. The first-order valence-corrected chi connectivity index (χ1v) is 5.08. The molecular formula is C12H24O. The molecule has 0 saturated carbocycles. The second-order valence-corrected chi connectivity index (χ2v) is 5.03. The summed E-state index contributed by atoms with van der Waals surface area (Å²) in [5.74, 6) is 0.603. The minimum atomic E-state index is -0.0501. The number of rotatable bonds is 3. The van der Waals surface area contributed by atoms with Gasteiger partial charge in [-0.05, 0) is 46.1 Å². The van der Waals surface area contributed by atoms with Crippen molar-refractivity contribution < 1.29 is 4.74 Å². The molecule has 0 fully saturated rings. The number of ether oxygens (including phenoxy) is 1. The summed E-state index contributed by atoms with van der Waals surface area (Å²) in [5, 5.41) is 0. The van der Waals surface area contributed by atoms with Gasteiger partial charge in [0.15, 0.2) is 0 Å². The van der Waals surface area contributed by atoms with Crippen LogP contribution in [0, 0.1) is 5.92 Å². The molecule has 1 atom stereocenters. The van der Waals surface area contributed by atoms with Crippen LogP contribution in [0.4, 0.5) is 0 Å². The van der Waals surface area contributed by atoms with E-state index in [1.165, 1.54) is 5.57 Å². The highest BCUT2D eigenvalue weighted by atomic mass is 16.5. The Morgan fingerprint density at radius 3 is 1.92 bits per heavy atom. The average Bonchev–Trinajstić information content (AvgIpc) is 1.81. The predicted molar refractivity (Wildman–Crippen MR) is 58.9 cm³/mol. The lowest BCUT2D eigenvalue weighted by atomic mass is 10.1. The molecule has 78 valence electrons. The van der Waals surface area contributed by atoms with Crippen molar-refractivity contribution >= 4 is 0 Å². The monoisotopic (exact) mass is 184 g/mol. The van der Waals surface area contributed by atoms with Gasteiger partial charge < -0.3 is 4.74 Å². The second kappa shape index (κ2) is 4.80. The molecule has 0 heterocycles. The maximum absolute atomic E-state index is 5.83. The van der Waals surface area contributed by atoms with Gasteiger partial charge in [0.1, 0.15) is 0 Å². The van der Waals surface area contributed by atoms with Crippen LogP contribution in [0.3, 0.4) is 0 Å². The molecule has 0 aliphatic carbocycles. The lowest BCUT2D eigenvalue weighted by molar-refractivity contribution is -0.0349. The van der Waals surface area contributed by atoms with Crippen LogP contribution in [0.5, 0.6) is 0 Å². The van der Waals surface area contributed by atoms with E-state index in [2.05, 4.69) is 54.5 Å². The third kappa shape index (κ3) is 6.83. The average molecular weight is 184 g/mol. The van der Waals surface area contributed by atoms with Crippen LogP contribution >= 0.6 is 0 Å². The van der Waals surface area contributed by atoms with Crippen LogP contribution in [0.25, 0.3) is 0 Å². The molecule has 1 nitrogen and oxygen atoms in total. The minimum Gasteiger partial charge on any atom is -0.369 e. The number of allylic oxidation sites excluding steroid dienone is 1. The summed E-state index contributed by atoms with van der Waals surface area (Å²) in [5.41, 5.74) is 1.27. The van der Waals surface area contributed by atoms with Crippen LogP contribution in [0.2, 0.25) is 0 Å². The molecule has 0 rings (SSSR count). The van der Waals surface area contributed by atoms with Crippen LogP contribution in [-0.2, 0) is 4.74 Å². The fourth-order valence-electron chi connectivity index (χ4n) is 1.28. The zero-order valence-corrected chi connectivity index (χ0v) is 10.1. The van der Waals surface area contributed by atoms with Gasteiger partial charge >= 0.3 is 0 Å². The predicted octanol–water partition coefficient (Wildman–Crippen LogP) is 3.79. The molecule has 0 saturated heterocycles. The molecule has 0 aromatic heterocycles. The normalized spacial score (nSPS) is 16.5. The van der Waals surface area contributed by atoms with Crippen molar-refractivity contribution in [2.75, 3.05) is 0 Å². The van der Waals surface area contributed by atoms with Crippen LogP contribution < -0.4 is 0 Å². The lowest BCUT2D eigenvalue weighted by Gasteiger charge is -2.26. The Bertz CT molecular complexity index is 172. The summed E-state index contributed by atoms with van der Waals surface area (Å²) in [6.07, 6.45) is 2.48. The van der Waals surface area contributed by atoms with Gasteiger partial charge in [-0.25, -0.2) is 0 Å². The SMILES string of the molecule is CC(=CC(C)C)C(C)OC(C)(C)C. The minimum absolute atomic E-state index is 0.0501. The fourth-order valence-corrected chi connectivity index (χ4v) is 1.28. The zero-order valence-electron chi connectivity index (χ0n) is 10.1. The molecule has 0 aliphatic heterocycles. The van der Waals surface area contributed by atoms with Gasteiger partial charge in [-0.2, -0.15) is 0 Å². The van der Waals surface area contributed by atoms with Crippen molar-refractivity contribution in [2.24, 2.45) is 5.92 Å². The summed E-state index contributed by atoms with van der Waals surface area (Å²) in [4.78, 5) is 0. The molecule has 0 amide bonds. The molecular weight excluding hydrogens is 160 g/mol. The van der Waals surface area contributed by atoms with E-state index in [0.717, 1.165) is 0 Å². The molecule has 0 aromatic rings. The third-order valence-corrected chi connectivity index (χ3v) is 1.77. The molecule has 0 spiro atoms. The quantitative estimate of drug-likeness (QED) is 0.606. The summed E-state index contributed by atoms with van der Waals surface area (Å²) < 4.78 is 5.83. The molecule has 13 heavy (non-hydrogen) atoms. The van der Waals surface area contributed by atoms with E-state index in [4.69, 9.17) is 4.74 Å². The molecule has 0 radical (unpaired) electrons. The first-order chi connectivity index (χ1) is 5.72. The van der Waals surface area contributed by atoms with E-state index in [0.29, 0.717) is 5.92 Å². The molecule has 0 aliphatic rings. The maximum atomic E-state index is 5.83. The Morgan fingerprint density at radius 2 is 1.62 bits per heavy atom. The van der Waals surface area contributed by atoms with Crippen molar-refractivity contribution in [3.05, 3.63) is 11.6 Å². The van der Waals surface area contributed by atoms with Crippen molar-refractivity contribution in [3.63, 3.8) is 0 Å². The summed E-state index contributed by atoms with van der Waals surface area (Å²) in [6, 6.07) is 0. The van der Waals surface area contributed by atoms with Gasteiger partial charge in [0.05, 0.1) is 11.7 Å². The smallest absolute Gasteiger partial charge is 0.0761 e. The van der Waals surface area contributed by atoms with E-state index in [-0.39, 0.29) is 11.7 Å². The standard InChI is InChI=1S/C12H24O/c1-9(2)8-10(3)11(4)13-12(5,6)7/h8-9,11H,1-7H3. The molecule has 0 bridgehead atoms. The second-order valence-electron chi connectivity index (χ2n) is 5.03. The van der Waals surface area contributed by atoms with Gasteiger partial charge in [-0.15, -0.1) is 0 Å². The highest BCUT2D eigenvalue weighted by Crippen LogP contribution is 2.16. The van der Waals surface area contributed by atoms with Gasteiger partial charge in [0.25, 0.3) is 0 Å². The summed E-state index contributed by atoms with van der Waals surface area (Å²) >= 11 is 0. The van der Waals surface area contributed by atoms with E-state index in [1.807, 2.05) is 0 Å². The van der Waals surface area contributed by atoms with Crippen LogP contribution in [0.15, 0.2) is 11.6 Å². The Labute approximate surface area is 83.2 Å². The molecule has 0 N–H and O–H groups in total. The van der Waals surface area contributed by atoms with Gasteiger partial charge in [0, 0.05) is 0 Å². The summed E-state index contributed by atoms with van der Waals surface area (Å²) in [7, 11) is 0. The largest absolute Gasteiger partial charge is 0.369 e. The van der Waals surface area contributed by atoms with Gasteiger partial charge in [-0.3, -0.25) is 0 Å². The Balaban J connectivity index is 4.19. The number of hydrogen-bond acceptors (Lipinski definition) is 1. The lowest BCUT2D eigenvalue weighted by Crippen LogP contribution is -2.26. The van der Waals surface area contributed by atoms with Crippen molar-refractivity contribution in [1.82, 2.24) is 0 Å². The van der Waals surface area contributed by atoms with Crippen molar-refractivity contribution in [3.8, 4) is 0 Å². The van der Waals surface area contributed by atoms with Crippen LogP contribution in [-0.4, -0.2) is 11.7 Å². The summed E-state index contributed by atoms with van der Waals surface area (Å²) in [6.45, 7) is 14.9. The van der Waals surface area contributed by atoms with E-state index in [9.17, 15) is 0 Å². The van der Waals surface area contributed by atoms with Crippen LogP contribution in [0.1, 0.15) is 48.5 Å². The highest BCUT2D eigenvalue weighted by molar-refractivity contribution is 5.05. The third-order valence-electron chi connectivity index (χ3n) is 1.77. The van der Waals surface area contributed by atoms with Crippen molar-refractivity contribution in [1.29, 1.82) is 0 Å². The topological polar surface area (TPSA) is 9.23 Å². The van der Waals surface area contributed by atoms with E-state index in [1.54, 1.807) is 0 Å². The number of hydrogen-bond donors (Lipinski definition) is 0. The van der Waals surface area contributed by atoms with E-state index < -0.39 is 0 Å². The Hall–Kier alpha value is -0.300. The highest BCUT2D eigenvalue weighted by Gasteiger charge is 2.15. The maximum Gasteiger partial charge on any atom is 0.0761 e. The molecule has 1 heteroatoms. The van der Waals surface area contributed by atoms with Crippen molar-refractivity contribution in [2.45, 2.75) is 60.2 Å². The molecule has 1 unspecified atom stereocenters. The first-order valence-electron chi connectivity index (χ1n) is 5.08. The Kier molecular flexibility index (Phi) is 4.69. The fraction of sp³-hybridized carbons (Fsp3) is 0.833. The zero-order chi connectivity index (χ0) is 10.6. The van der Waals surface area contributed by atoms with E-state index >= 15 is 0 Å². The Morgan fingerprint density at radius 1 is 1.15 bits per heavy atom. The first kappa shape index (κ1) is 12.7. The van der Waals surface area contributed by atoms with Gasteiger partial charge in [0.2, 0.25) is 0 Å². The van der Waals surface area contributed by atoms with Gasteiger partial charge in [-0.1, -0.05) is 19.9 Å².